The lowest BCUT2D eigenvalue weighted by molar-refractivity contribution is -0.274. The molecular weight excluding hydrogens is 593 g/mol. The van der Waals surface area contributed by atoms with Gasteiger partial charge in [-0.05, 0) is 42.0 Å². The summed E-state index contributed by atoms with van der Waals surface area (Å²) in [5.41, 5.74) is 0.942. The lowest BCUT2D eigenvalue weighted by atomic mass is 10.0. The number of amides is 2. The molecule has 43 heavy (non-hydrogen) atoms. The van der Waals surface area contributed by atoms with Crippen LogP contribution in [0.1, 0.15) is 49.4 Å². The molecule has 1 saturated heterocycles. The molecule has 0 unspecified atom stereocenters. The third kappa shape index (κ3) is 7.22. The molecule has 1 aliphatic rings. The van der Waals surface area contributed by atoms with Crippen LogP contribution in [-0.2, 0) is 9.53 Å². The largest absolute Gasteiger partial charge is 0.573 e. The molecule has 0 spiro atoms. The summed E-state index contributed by atoms with van der Waals surface area (Å²) in [6.45, 7) is 6.08. The number of aromatic carboxylic acids is 1. The van der Waals surface area contributed by atoms with E-state index in [4.69, 9.17) is 11.6 Å². The number of carbonyl (C=O) groups excluding carboxylic acids is 2. The Labute approximate surface area is 250 Å². The number of alkyl carbamates (subject to hydrolysis) is 1. The molecule has 1 aromatic heterocycles. The van der Waals surface area contributed by atoms with Gasteiger partial charge in [-0.15, -0.1) is 13.2 Å². The van der Waals surface area contributed by atoms with E-state index < -0.39 is 36.3 Å². The predicted molar refractivity (Wildman–Crippen MR) is 151 cm³/mol. The zero-order chi connectivity index (χ0) is 31.6. The standard InChI is InChI=1S/C29H30ClF3N4O6/c1-14(2)22(35-28(41)42-4)26(38)37-13-15(3)11-20(37)25-34-23(24(30)36-25)17-7-5-16(6-8-17)19-10-9-18(27(39)40)12-21(19)43-29(31,32)33/h5-10,12,14-15,20,22H,11,13H2,1-4H3,(H,34,36)(H,35,41)(H,39,40)/t15-,20-,22-/m0/s1. The van der Waals surface area contributed by atoms with Gasteiger partial charge in [0.15, 0.2) is 0 Å². The van der Waals surface area contributed by atoms with Gasteiger partial charge in [0.25, 0.3) is 0 Å². The Morgan fingerprint density at radius 1 is 1.14 bits per heavy atom. The van der Waals surface area contributed by atoms with Gasteiger partial charge in [-0.25, -0.2) is 14.6 Å². The molecule has 2 amide bonds. The number of alkyl halides is 3. The highest BCUT2D eigenvalue weighted by Crippen LogP contribution is 2.39. The van der Waals surface area contributed by atoms with Crippen LogP contribution in [0.25, 0.3) is 22.4 Å². The number of rotatable bonds is 8. The topological polar surface area (TPSA) is 134 Å². The monoisotopic (exact) mass is 622 g/mol. The van der Waals surface area contributed by atoms with E-state index in [1.807, 2.05) is 20.8 Å². The first-order valence-corrected chi connectivity index (χ1v) is 13.7. The minimum absolute atomic E-state index is 0.0389. The average Bonchev–Trinajstić information content (AvgIpc) is 3.52. The fourth-order valence-electron chi connectivity index (χ4n) is 5.06. The van der Waals surface area contributed by atoms with E-state index in [-0.39, 0.29) is 34.0 Å². The summed E-state index contributed by atoms with van der Waals surface area (Å²) in [4.78, 5) is 46.1. The molecule has 3 aromatic rings. The number of nitrogens with one attached hydrogen (secondary N) is 2. The Morgan fingerprint density at radius 3 is 2.37 bits per heavy atom. The van der Waals surface area contributed by atoms with Crippen molar-refractivity contribution in [1.29, 1.82) is 0 Å². The summed E-state index contributed by atoms with van der Waals surface area (Å²) in [5, 5.41) is 12.0. The SMILES string of the molecule is COC(=O)N[C@H](C(=O)N1C[C@@H](C)C[C@H]1c1nc(-c2ccc(-c3ccc(C(=O)O)cc3OC(F)(F)F)cc2)c(Cl)[nH]1)C(C)C. The third-order valence-electron chi connectivity index (χ3n) is 7.10. The van der Waals surface area contributed by atoms with Crippen molar-refractivity contribution in [2.75, 3.05) is 13.7 Å². The van der Waals surface area contributed by atoms with Gasteiger partial charge < -0.3 is 29.8 Å². The molecule has 1 aliphatic heterocycles. The number of carboxylic acids is 1. The molecule has 3 atom stereocenters. The second-order valence-corrected chi connectivity index (χ2v) is 11.0. The lowest BCUT2D eigenvalue weighted by Gasteiger charge is -2.30. The van der Waals surface area contributed by atoms with Crippen molar-refractivity contribution in [1.82, 2.24) is 20.2 Å². The number of nitrogens with zero attached hydrogens (tertiary/aromatic N) is 2. The first kappa shape index (κ1) is 31.7. The van der Waals surface area contributed by atoms with Crippen molar-refractivity contribution in [2.45, 2.75) is 45.6 Å². The van der Waals surface area contributed by atoms with E-state index in [0.29, 0.717) is 35.6 Å². The fourth-order valence-corrected chi connectivity index (χ4v) is 5.30. The van der Waals surface area contributed by atoms with Crippen LogP contribution < -0.4 is 10.1 Å². The second kappa shape index (κ2) is 12.5. The molecule has 14 heteroatoms. The first-order valence-electron chi connectivity index (χ1n) is 13.3. The molecule has 2 aromatic carbocycles. The van der Waals surface area contributed by atoms with Crippen molar-refractivity contribution in [2.24, 2.45) is 11.8 Å². The van der Waals surface area contributed by atoms with Crippen LogP contribution in [0.15, 0.2) is 42.5 Å². The van der Waals surface area contributed by atoms with E-state index in [2.05, 4.69) is 24.8 Å². The minimum Gasteiger partial charge on any atom is -0.478 e. The Kier molecular flexibility index (Phi) is 9.24. The number of ether oxygens (including phenoxy) is 2. The molecule has 0 radical (unpaired) electrons. The van der Waals surface area contributed by atoms with E-state index in [1.165, 1.54) is 31.4 Å². The Balaban J connectivity index is 1.62. The molecule has 3 N–H and O–H groups in total. The maximum atomic E-state index is 13.5. The van der Waals surface area contributed by atoms with Crippen molar-refractivity contribution in [3.8, 4) is 28.1 Å². The number of aromatic amines is 1. The maximum absolute atomic E-state index is 13.5. The molecule has 230 valence electrons. The molecule has 10 nitrogen and oxygen atoms in total. The van der Waals surface area contributed by atoms with Gasteiger partial charge >= 0.3 is 18.4 Å². The zero-order valence-electron chi connectivity index (χ0n) is 23.7. The molecular formula is C29H30ClF3N4O6. The van der Waals surface area contributed by atoms with Crippen LogP contribution in [0, 0.1) is 11.8 Å². The van der Waals surface area contributed by atoms with Crippen LogP contribution >= 0.6 is 11.6 Å². The normalized spacial score (nSPS) is 17.6. The van der Waals surface area contributed by atoms with Gasteiger partial charge in [-0.1, -0.05) is 56.6 Å². The van der Waals surface area contributed by atoms with Gasteiger partial charge in [0, 0.05) is 17.7 Å². The second-order valence-electron chi connectivity index (χ2n) is 10.6. The number of methoxy groups -OCH3 is 1. The minimum atomic E-state index is -5.03. The van der Waals surface area contributed by atoms with Crippen LogP contribution in [0.2, 0.25) is 5.15 Å². The fraction of sp³-hybridized carbons (Fsp3) is 0.379. The summed E-state index contributed by atoms with van der Waals surface area (Å²) < 4.78 is 47.9. The Hall–Kier alpha value is -4.26. The van der Waals surface area contributed by atoms with Gasteiger partial charge in [-0.2, -0.15) is 0 Å². The average molecular weight is 623 g/mol. The number of likely N-dealkylation sites (tertiary alicyclic amines) is 1. The number of aromatic nitrogens is 2. The third-order valence-corrected chi connectivity index (χ3v) is 7.38. The number of H-pyrrole nitrogens is 1. The highest BCUT2D eigenvalue weighted by atomic mass is 35.5. The Bertz CT molecular complexity index is 1510. The van der Waals surface area contributed by atoms with Crippen LogP contribution in [0.5, 0.6) is 5.75 Å². The predicted octanol–water partition coefficient (Wildman–Crippen LogP) is 6.28. The number of benzene rings is 2. The maximum Gasteiger partial charge on any atom is 0.573 e. The Morgan fingerprint density at radius 2 is 1.79 bits per heavy atom. The molecule has 0 saturated carbocycles. The number of carbonyl (C=O) groups is 3. The molecule has 0 bridgehead atoms. The lowest BCUT2D eigenvalue weighted by Crippen LogP contribution is -2.51. The smallest absolute Gasteiger partial charge is 0.478 e. The van der Waals surface area contributed by atoms with E-state index >= 15 is 0 Å². The quantitative estimate of drug-likeness (QED) is 0.269. The summed E-state index contributed by atoms with van der Waals surface area (Å²) in [7, 11) is 1.22. The van der Waals surface area contributed by atoms with Crippen LogP contribution in [0.4, 0.5) is 18.0 Å². The van der Waals surface area contributed by atoms with E-state index in [0.717, 1.165) is 6.07 Å². The van der Waals surface area contributed by atoms with Gasteiger partial charge in [0.1, 0.15) is 28.5 Å². The van der Waals surface area contributed by atoms with E-state index in [1.54, 1.807) is 17.0 Å². The summed E-state index contributed by atoms with van der Waals surface area (Å²) in [6.07, 6.45) is -5.13. The van der Waals surface area contributed by atoms with Gasteiger partial charge in [0.2, 0.25) is 5.91 Å². The molecule has 1 fully saturated rings. The first-order chi connectivity index (χ1) is 20.2. The van der Waals surface area contributed by atoms with Crippen molar-refractivity contribution in [3.63, 3.8) is 0 Å². The highest BCUT2D eigenvalue weighted by Gasteiger charge is 2.40. The van der Waals surface area contributed by atoms with Crippen molar-refractivity contribution >= 4 is 29.6 Å². The molecule has 0 aliphatic carbocycles. The molecule has 4 rings (SSSR count). The van der Waals surface area contributed by atoms with Crippen LogP contribution in [0.3, 0.4) is 0 Å². The number of imidazole rings is 1. The van der Waals surface area contributed by atoms with Crippen molar-refractivity contribution < 1.29 is 42.1 Å². The number of hydrogen-bond acceptors (Lipinski definition) is 6. The van der Waals surface area contributed by atoms with E-state index in [9.17, 15) is 32.7 Å². The van der Waals surface area contributed by atoms with Crippen molar-refractivity contribution in [3.05, 3.63) is 59.0 Å². The van der Waals surface area contributed by atoms with Crippen LogP contribution in [-0.4, -0.2) is 64.0 Å². The highest BCUT2D eigenvalue weighted by molar-refractivity contribution is 6.31. The number of carboxylic acid groups (broad SMARTS) is 1. The summed E-state index contributed by atoms with van der Waals surface area (Å²) in [6, 6.07) is 8.29. The molecule has 2 heterocycles. The van der Waals surface area contributed by atoms with Gasteiger partial charge in [-0.3, -0.25) is 4.79 Å². The zero-order valence-corrected chi connectivity index (χ0v) is 24.4. The summed E-state index contributed by atoms with van der Waals surface area (Å²) >= 11 is 6.53. The number of hydrogen-bond donors (Lipinski definition) is 3. The van der Waals surface area contributed by atoms with Gasteiger partial charge in [0.05, 0.1) is 18.7 Å². The number of halogens is 4. The summed E-state index contributed by atoms with van der Waals surface area (Å²) in [5.74, 6) is -1.94.